The van der Waals surface area contributed by atoms with E-state index in [1.807, 2.05) is 6.07 Å². The van der Waals surface area contributed by atoms with Crippen molar-refractivity contribution >= 4 is 24.2 Å². The molecule has 1 heterocycles. The predicted octanol–water partition coefficient (Wildman–Crippen LogP) is 4.10. The summed E-state index contributed by atoms with van der Waals surface area (Å²) >= 11 is 3.28. The molecule has 0 aliphatic rings. The lowest BCUT2D eigenvalue weighted by atomic mass is 10.2. The molecule has 17 heavy (non-hydrogen) atoms. The number of rotatable bonds is 2. The quantitative estimate of drug-likeness (QED) is 0.772. The fraction of sp³-hybridized carbons (Fsp3) is 0.500. The molecule has 0 bridgehead atoms. The zero-order chi connectivity index (χ0) is 13.3. The lowest BCUT2D eigenvalue weighted by Crippen LogP contribution is -2.44. The highest BCUT2D eigenvalue weighted by Crippen LogP contribution is 2.37. The Labute approximate surface area is 112 Å². The number of aromatic nitrogens is 1. The molecule has 0 radical (unpaired) electrons. The summed E-state index contributed by atoms with van der Waals surface area (Å²) in [5.74, 6) is 0.538. The van der Waals surface area contributed by atoms with Crippen LogP contribution in [-0.2, 0) is 0 Å². The Bertz CT molecular complexity index is 461. The van der Waals surface area contributed by atoms with E-state index in [1.165, 1.54) is 0 Å². The van der Waals surface area contributed by atoms with Crippen molar-refractivity contribution in [2.75, 3.05) is 0 Å². The van der Waals surface area contributed by atoms with Crippen LogP contribution in [-0.4, -0.2) is 13.3 Å². The SMILES string of the molecule is CC(C)(C)[Si](C)(C)Oc1ccc(Br)c(C#N)n1. The summed E-state index contributed by atoms with van der Waals surface area (Å²) in [5, 5.41) is 9.03. The zero-order valence-electron chi connectivity index (χ0n) is 10.8. The minimum Gasteiger partial charge on any atom is -0.531 e. The lowest BCUT2D eigenvalue weighted by Gasteiger charge is -2.35. The number of pyridine rings is 1. The van der Waals surface area contributed by atoms with Crippen molar-refractivity contribution in [2.24, 2.45) is 0 Å². The average molecular weight is 313 g/mol. The highest BCUT2D eigenvalue weighted by molar-refractivity contribution is 9.10. The monoisotopic (exact) mass is 312 g/mol. The minimum atomic E-state index is -1.89. The molecule has 0 aliphatic heterocycles. The van der Waals surface area contributed by atoms with Crippen LogP contribution in [0.25, 0.3) is 0 Å². The second-order valence-corrected chi connectivity index (χ2v) is 11.0. The third kappa shape index (κ3) is 3.30. The maximum Gasteiger partial charge on any atom is 0.252 e. The number of nitrogens with zero attached hydrogens (tertiary/aromatic N) is 2. The fourth-order valence-electron chi connectivity index (χ4n) is 0.974. The topological polar surface area (TPSA) is 45.9 Å². The lowest BCUT2D eigenvalue weighted by molar-refractivity contribution is 0.476. The highest BCUT2D eigenvalue weighted by Gasteiger charge is 2.39. The van der Waals surface area contributed by atoms with E-state index < -0.39 is 8.32 Å². The van der Waals surface area contributed by atoms with Crippen molar-refractivity contribution in [1.82, 2.24) is 4.98 Å². The van der Waals surface area contributed by atoms with E-state index in [0.29, 0.717) is 16.0 Å². The molecular weight excluding hydrogens is 296 g/mol. The van der Waals surface area contributed by atoms with Gasteiger partial charge in [0.1, 0.15) is 6.07 Å². The number of nitriles is 1. The van der Waals surface area contributed by atoms with Crippen LogP contribution in [0.3, 0.4) is 0 Å². The third-order valence-electron chi connectivity index (χ3n) is 3.09. The van der Waals surface area contributed by atoms with Gasteiger partial charge in [-0.05, 0) is 40.1 Å². The highest BCUT2D eigenvalue weighted by atomic mass is 79.9. The van der Waals surface area contributed by atoms with Gasteiger partial charge in [0.15, 0.2) is 5.69 Å². The van der Waals surface area contributed by atoms with Gasteiger partial charge in [0.05, 0.1) is 4.47 Å². The van der Waals surface area contributed by atoms with Crippen molar-refractivity contribution < 1.29 is 4.43 Å². The third-order valence-corrected chi connectivity index (χ3v) is 8.06. The summed E-state index contributed by atoms with van der Waals surface area (Å²) < 4.78 is 6.72. The van der Waals surface area contributed by atoms with E-state index in [2.05, 4.69) is 54.8 Å². The van der Waals surface area contributed by atoms with Gasteiger partial charge in [-0.25, -0.2) is 4.98 Å². The molecule has 0 saturated heterocycles. The molecular formula is C12H17BrN2OSi. The first-order chi connectivity index (χ1) is 7.67. The Morgan fingerprint density at radius 3 is 2.41 bits per heavy atom. The molecule has 0 aromatic carbocycles. The van der Waals surface area contributed by atoms with Crippen LogP contribution >= 0.6 is 15.9 Å². The molecule has 0 N–H and O–H groups in total. The normalized spacial score (nSPS) is 12.1. The molecule has 1 aromatic heterocycles. The van der Waals surface area contributed by atoms with Gasteiger partial charge >= 0.3 is 0 Å². The van der Waals surface area contributed by atoms with E-state index in [-0.39, 0.29) is 5.04 Å². The van der Waals surface area contributed by atoms with Crippen molar-refractivity contribution in [2.45, 2.75) is 38.9 Å². The molecule has 0 unspecified atom stereocenters. The van der Waals surface area contributed by atoms with Gasteiger partial charge in [-0.1, -0.05) is 20.8 Å². The molecule has 0 aliphatic carbocycles. The Hall–Kier alpha value is -0.863. The van der Waals surface area contributed by atoms with Crippen molar-refractivity contribution in [3.8, 4) is 11.9 Å². The largest absolute Gasteiger partial charge is 0.531 e. The van der Waals surface area contributed by atoms with E-state index in [4.69, 9.17) is 9.69 Å². The summed E-state index contributed by atoms with van der Waals surface area (Å²) in [6.45, 7) is 10.8. The Morgan fingerprint density at radius 1 is 1.35 bits per heavy atom. The molecule has 0 spiro atoms. The van der Waals surface area contributed by atoms with Crippen molar-refractivity contribution in [3.05, 3.63) is 22.3 Å². The maximum absolute atomic E-state index is 8.91. The van der Waals surface area contributed by atoms with Gasteiger partial charge in [-0.2, -0.15) is 5.26 Å². The molecule has 0 amide bonds. The van der Waals surface area contributed by atoms with Gasteiger partial charge < -0.3 is 4.43 Å². The number of halogens is 1. The summed E-state index contributed by atoms with van der Waals surface area (Å²) in [6.07, 6.45) is 0. The molecule has 92 valence electrons. The van der Waals surface area contributed by atoms with Gasteiger partial charge in [0, 0.05) is 6.07 Å². The summed E-state index contributed by atoms with van der Waals surface area (Å²) in [7, 11) is -1.89. The summed E-state index contributed by atoms with van der Waals surface area (Å²) in [5.41, 5.74) is 0.362. The van der Waals surface area contributed by atoms with E-state index in [0.717, 1.165) is 0 Å². The van der Waals surface area contributed by atoms with Crippen LogP contribution in [0.4, 0.5) is 0 Å². The van der Waals surface area contributed by atoms with Gasteiger partial charge in [-0.3, -0.25) is 0 Å². The molecule has 0 atom stereocenters. The zero-order valence-corrected chi connectivity index (χ0v) is 13.4. The molecule has 1 aromatic rings. The first-order valence-electron chi connectivity index (χ1n) is 5.43. The summed E-state index contributed by atoms with van der Waals surface area (Å²) in [4.78, 5) is 4.19. The average Bonchev–Trinajstić information content (AvgIpc) is 2.19. The second kappa shape index (κ2) is 4.79. The van der Waals surface area contributed by atoms with Crippen molar-refractivity contribution in [3.63, 3.8) is 0 Å². The minimum absolute atomic E-state index is 0.120. The fourth-order valence-corrected chi connectivity index (χ4v) is 2.23. The first-order valence-corrected chi connectivity index (χ1v) is 9.13. The Morgan fingerprint density at radius 2 is 1.94 bits per heavy atom. The Balaban J connectivity index is 3.02. The smallest absolute Gasteiger partial charge is 0.252 e. The first kappa shape index (κ1) is 14.2. The van der Waals surface area contributed by atoms with Crippen LogP contribution in [0.2, 0.25) is 18.1 Å². The maximum atomic E-state index is 8.91. The molecule has 5 heteroatoms. The van der Waals surface area contributed by atoms with Crippen molar-refractivity contribution in [1.29, 1.82) is 5.26 Å². The van der Waals surface area contributed by atoms with E-state index in [1.54, 1.807) is 12.1 Å². The predicted molar refractivity (Wildman–Crippen MR) is 74.5 cm³/mol. The van der Waals surface area contributed by atoms with Gasteiger partial charge in [0.25, 0.3) is 8.32 Å². The van der Waals surface area contributed by atoms with E-state index in [9.17, 15) is 0 Å². The molecule has 0 saturated carbocycles. The van der Waals surface area contributed by atoms with Crippen LogP contribution in [0.1, 0.15) is 26.5 Å². The van der Waals surface area contributed by atoms with Crippen LogP contribution in [0, 0.1) is 11.3 Å². The molecule has 0 fully saturated rings. The van der Waals surface area contributed by atoms with Crippen LogP contribution < -0.4 is 4.43 Å². The molecule has 1 rings (SSSR count). The summed E-state index contributed by atoms with van der Waals surface area (Å²) in [6, 6.07) is 5.63. The molecule has 3 nitrogen and oxygen atoms in total. The number of hydrogen-bond acceptors (Lipinski definition) is 3. The van der Waals surface area contributed by atoms with Gasteiger partial charge in [-0.15, -0.1) is 0 Å². The number of hydrogen-bond donors (Lipinski definition) is 0. The van der Waals surface area contributed by atoms with Crippen LogP contribution in [0.15, 0.2) is 16.6 Å². The van der Waals surface area contributed by atoms with E-state index >= 15 is 0 Å². The Kier molecular flexibility index (Phi) is 4.00. The van der Waals surface area contributed by atoms with Crippen LogP contribution in [0.5, 0.6) is 5.88 Å². The van der Waals surface area contributed by atoms with Gasteiger partial charge in [0.2, 0.25) is 5.88 Å². The second-order valence-electron chi connectivity index (χ2n) is 5.45. The standard InChI is InChI=1S/C12H17BrN2OSi/c1-12(2,3)17(4,5)16-11-7-6-9(13)10(8-14)15-11/h6-7H,1-5H3.